The van der Waals surface area contributed by atoms with Crippen LogP contribution in [0, 0.1) is 0 Å². The minimum atomic E-state index is -0.400. The fraction of sp³-hybridized carbons (Fsp3) is 0.176. The summed E-state index contributed by atoms with van der Waals surface area (Å²) in [6, 6.07) is 13.7. The van der Waals surface area contributed by atoms with Gasteiger partial charge in [-0.1, -0.05) is 18.2 Å². The van der Waals surface area contributed by atoms with Gasteiger partial charge >= 0.3 is 0 Å². The van der Waals surface area contributed by atoms with Gasteiger partial charge in [0.1, 0.15) is 17.2 Å². The van der Waals surface area contributed by atoms with Crippen molar-refractivity contribution >= 4 is 11.6 Å². The van der Waals surface area contributed by atoms with Gasteiger partial charge in [-0.25, -0.2) is 5.43 Å². The molecule has 2 N–H and O–H groups in total. The Kier molecular flexibility index (Phi) is 5.57. The number of phenols is 1. The van der Waals surface area contributed by atoms with Crippen LogP contribution in [0.2, 0.25) is 0 Å². The number of methoxy groups -OCH3 is 1. The number of hydrogen-bond acceptors (Lipinski definition) is 5. The number of carbonyl (C=O) groups is 1. The first-order valence-electron chi connectivity index (χ1n) is 6.98. The van der Waals surface area contributed by atoms with Crippen molar-refractivity contribution in [1.82, 2.24) is 5.43 Å². The van der Waals surface area contributed by atoms with E-state index in [4.69, 9.17) is 9.47 Å². The van der Waals surface area contributed by atoms with Gasteiger partial charge in [-0.3, -0.25) is 4.79 Å². The lowest BCUT2D eigenvalue weighted by atomic mass is 10.1. The Morgan fingerprint density at radius 3 is 2.65 bits per heavy atom. The Hall–Kier alpha value is -3.02. The van der Waals surface area contributed by atoms with Crippen LogP contribution in [0.15, 0.2) is 53.6 Å². The largest absolute Gasteiger partial charge is 0.507 e. The highest BCUT2D eigenvalue weighted by Crippen LogP contribution is 2.18. The number of nitrogens with one attached hydrogen (secondary N) is 1. The number of hydrazone groups is 1. The van der Waals surface area contributed by atoms with Crippen molar-refractivity contribution < 1.29 is 19.4 Å². The molecule has 1 amide bonds. The third kappa shape index (κ3) is 4.74. The van der Waals surface area contributed by atoms with Gasteiger partial charge in [-0.05, 0) is 31.2 Å². The lowest BCUT2D eigenvalue weighted by molar-refractivity contribution is -0.123. The van der Waals surface area contributed by atoms with E-state index in [1.807, 2.05) is 0 Å². The monoisotopic (exact) mass is 314 g/mol. The minimum Gasteiger partial charge on any atom is -0.507 e. The van der Waals surface area contributed by atoms with Gasteiger partial charge < -0.3 is 14.6 Å². The average Bonchev–Trinajstić information content (AvgIpc) is 2.58. The van der Waals surface area contributed by atoms with Crippen molar-refractivity contribution in [2.24, 2.45) is 5.10 Å². The van der Waals surface area contributed by atoms with Crippen molar-refractivity contribution in [1.29, 1.82) is 0 Å². The Bertz CT molecular complexity index is 713. The van der Waals surface area contributed by atoms with Crippen LogP contribution < -0.4 is 14.9 Å². The summed E-state index contributed by atoms with van der Waals surface area (Å²) >= 11 is 0. The predicted molar refractivity (Wildman–Crippen MR) is 86.9 cm³/mol. The Morgan fingerprint density at radius 2 is 1.91 bits per heavy atom. The molecule has 0 saturated carbocycles. The number of carbonyl (C=O) groups excluding carboxylic acids is 1. The van der Waals surface area contributed by atoms with Crippen molar-refractivity contribution in [2.75, 3.05) is 13.7 Å². The molecule has 2 aromatic rings. The summed E-state index contributed by atoms with van der Waals surface area (Å²) in [6.07, 6.45) is 0. The van der Waals surface area contributed by atoms with Crippen LogP contribution in [-0.4, -0.2) is 30.4 Å². The van der Waals surface area contributed by atoms with Crippen molar-refractivity contribution in [3.8, 4) is 17.2 Å². The van der Waals surface area contributed by atoms with Gasteiger partial charge in [-0.15, -0.1) is 0 Å². The fourth-order valence-electron chi connectivity index (χ4n) is 1.86. The molecule has 0 spiro atoms. The first-order chi connectivity index (χ1) is 11.1. The molecule has 0 aromatic heterocycles. The van der Waals surface area contributed by atoms with Crippen molar-refractivity contribution in [2.45, 2.75) is 6.92 Å². The summed E-state index contributed by atoms with van der Waals surface area (Å²) in [4.78, 5) is 11.8. The molecular weight excluding hydrogens is 296 g/mol. The smallest absolute Gasteiger partial charge is 0.277 e. The lowest BCUT2D eigenvalue weighted by Gasteiger charge is -2.07. The normalized spacial score (nSPS) is 11.0. The van der Waals surface area contributed by atoms with E-state index in [-0.39, 0.29) is 12.4 Å². The molecule has 23 heavy (non-hydrogen) atoms. The lowest BCUT2D eigenvalue weighted by Crippen LogP contribution is -2.25. The summed E-state index contributed by atoms with van der Waals surface area (Å²) < 4.78 is 10.4. The summed E-state index contributed by atoms with van der Waals surface area (Å²) in [6.45, 7) is 1.52. The summed E-state index contributed by atoms with van der Waals surface area (Å²) in [5.74, 6) is 0.885. The highest BCUT2D eigenvalue weighted by molar-refractivity contribution is 6.01. The molecule has 0 saturated heterocycles. The number of amides is 1. The quantitative estimate of drug-likeness (QED) is 0.633. The van der Waals surface area contributed by atoms with Gasteiger partial charge in [-0.2, -0.15) is 5.10 Å². The van der Waals surface area contributed by atoms with Crippen molar-refractivity contribution in [3.05, 3.63) is 54.1 Å². The third-order valence-corrected chi connectivity index (χ3v) is 3.05. The molecule has 0 radical (unpaired) electrons. The highest BCUT2D eigenvalue weighted by atomic mass is 16.5. The number of rotatable bonds is 6. The molecule has 120 valence electrons. The summed E-state index contributed by atoms with van der Waals surface area (Å²) in [5, 5.41) is 13.7. The zero-order valence-electron chi connectivity index (χ0n) is 12.9. The first kappa shape index (κ1) is 16.4. The molecule has 0 bridgehead atoms. The van der Waals surface area contributed by atoms with Gasteiger partial charge in [0.25, 0.3) is 5.91 Å². The van der Waals surface area contributed by atoms with Gasteiger partial charge in [0, 0.05) is 11.6 Å². The zero-order chi connectivity index (χ0) is 16.7. The second-order valence-electron chi connectivity index (χ2n) is 4.72. The molecule has 0 aliphatic carbocycles. The fourth-order valence-corrected chi connectivity index (χ4v) is 1.86. The Balaban J connectivity index is 1.89. The number of para-hydroxylation sites is 1. The molecule has 0 heterocycles. The maximum absolute atomic E-state index is 11.8. The van der Waals surface area contributed by atoms with E-state index in [0.717, 1.165) is 0 Å². The van der Waals surface area contributed by atoms with Crippen LogP contribution >= 0.6 is 0 Å². The zero-order valence-corrected chi connectivity index (χ0v) is 12.9. The maximum atomic E-state index is 11.8. The van der Waals surface area contributed by atoms with E-state index in [1.54, 1.807) is 62.6 Å². The third-order valence-electron chi connectivity index (χ3n) is 3.05. The number of hydrogen-bond donors (Lipinski definition) is 2. The molecule has 0 aliphatic heterocycles. The number of aromatic hydroxyl groups is 1. The molecule has 2 aromatic carbocycles. The van der Waals surface area contributed by atoms with E-state index in [2.05, 4.69) is 10.5 Å². The molecular formula is C17H18N2O4. The van der Waals surface area contributed by atoms with Crippen LogP contribution in [0.4, 0.5) is 0 Å². The minimum absolute atomic E-state index is 0.107. The van der Waals surface area contributed by atoms with Crippen LogP contribution in [0.3, 0.4) is 0 Å². The first-order valence-corrected chi connectivity index (χ1v) is 6.98. The molecule has 0 fully saturated rings. The van der Waals surface area contributed by atoms with Crippen molar-refractivity contribution in [3.63, 3.8) is 0 Å². The maximum Gasteiger partial charge on any atom is 0.277 e. The molecule has 6 heteroatoms. The second kappa shape index (κ2) is 7.84. The van der Waals surface area contributed by atoms with Crippen LogP contribution in [0.25, 0.3) is 0 Å². The molecule has 6 nitrogen and oxygen atoms in total. The Labute approximate surface area is 134 Å². The number of phenolic OH excluding ortho intramolecular Hbond substituents is 1. The van der Waals surface area contributed by atoms with E-state index >= 15 is 0 Å². The van der Waals surface area contributed by atoms with E-state index < -0.39 is 5.91 Å². The van der Waals surface area contributed by atoms with Gasteiger partial charge in [0.05, 0.1) is 12.8 Å². The van der Waals surface area contributed by atoms with Crippen LogP contribution in [0.5, 0.6) is 17.2 Å². The summed E-state index contributed by atoms with van der Waals surface area (Å²) in [5.41, 5.74) is 3.44. The number of nitrogens with zero attached hydrogens (tertiary/aromatic N) is 1. The second-order valence-corrected chi connectivity index (χ2v) is 4.72. The van der Waals surface area contributed by atoms with Gasteiger partial charge in [0.2, 0.25) is 0 Å². The molecule has 0 aliphatic rings. The Morgan fingerprint density at radius 1 is 1.17 bits per heavy atom. The van der Waals surface area contributed by atoms with Gasteiger partial charge in [0.15, 0.2) is 6.61 Å². The van der Waals surface area contributed by atoms with E-state index in [9.17, 15) is 9.90 Å². The van der Waals surface area contributed by atoms with E-state index in [0.29, 0.717) is 22.8 Å². The molecule has 2 rings (SSSR count). The van der Waals surface area contributed by atoms with Crippen LogP contribution in [0.1, 0.15) is 12.5 Å². The van der Waals surface area contributed by atoms with Crippen LogP contribution in [-0.2, 0) is 4.79 Å². The topological polar surface area (TPSA) is 80.2 Å². The number of benzene rings is 2. The summed E-state index contributed by atoms with van der Waals surface area (Å²) in [7, 11) is 1.56. The standard InChI is InChI=1S/C17H18N2O4/c1-12(15-8-3-4-9-16(15)20)18-19-17(21)11-23-14-7-5-6-13(10-14)22-2/h3-10,20H,11H2,1-2H3,(H,19,21)/b18-12+. The highest BCUT2D eigenvalue weighted by Gasteiger charge is 2.06. The predicted octanol–water partition coefficient (Wildman–Crippen LogP) is 2.32. The molecule has 0 unspecified atom stereocenters. The SMILES string of the molecule is COc1cccc(OCC(=O)N/N=C(\C)c2ccccc2O)c1. The molecule has 0 atom stereocenters. The number of ether oxygens (including phenoxy) is 2. The average molecular weight is 314 g/mol. The van der Waals surface area contributed by atoms with E-state index in [1.165, 1.54) is 0 Å².